The van der Waals surface area contributed by atoms with Crippen molar-refractivity contribution in [2.75, 3.05) is 13.1 Å². The van der Waals surface area contributed by atoms with Gasteiger partial charge in [0.25, 0.3) is 11.6 Å². The van der Waals surface area contributed by atoms with Crippen molar-refractivity contribution in [2.24, 2.45) is 0 Å². The molecular formula is C16H20N4O3. The molecule has 0 spiro atoms. The zero-order valence-electron chi connectivity index (χ0n) is 13.5. The normalized spacial score (nSPS) is 15.9. The van der Waals surface area contributed by atoms with Gasteiger partial charge in [0.15, 0.2) is 0 Å². The molecule has 1 aliphatic rings. The molecule has 0 aromatic carbocycles. The Hall–Kier alpha value is -2.44. The Balaban J connectivity index is 1.77. The van der Waals surface area contributed by atoms with Crippen molar-refractivity contribution in [1.29, 1.82) is 0 Å². The monoisotopic (exact) mass is 316 g/mol. The number of nitrogens with one attached hydrogen (secondary N) is 1. The van der Waals surface area contributed by atoms with Gasteiger partial charge in [-0.05, 0) is 32.8 Å². The molecule has 1 saturated heterocycles. The number of likely N-dealkylation sites (tertiary alicyclic amines) is 1. The number of carbonyl (C=O) groups excluding carboxylic acids is 2. The third kappa shape index (κ3) is 3.04. The smallest absolute Gasteiger partial charge is 0.258 e. The molecule has 23 heavy (non-hydrogen) atoms. The molecule has 122 valence electrons. The van der Waals surface area contributed by atoms with Crippen molar-refractivity contribution >= 4 is 22.9 Å². The Bertz CT molecular complexity index is 760. The van der Waals surface area contributed by atoms with E-state index in [1.807, 2.05) is 11.8 Å². The number of fused-ring (bicyclic) bond motifs is 1. The van der Waals surface area contributed by atoms with Crippen molar-refractivity contribution in [3.8, 4) is 0 Å². The first-order valence-electron chi connectivity index (χ1n) is 7.75. The fraction of sp³-hybridized carbons (Fsp3) is 0.500. The molecular weight excluding hydrogens is 296 g/mol. The summed E-state index contributed by atoms with van der Waals surface area (Å²) in [5.41, 5.74) is 2.30. The SMILES string of the molecule is CC(=O)N1CCC(NC(=O)c2cc(C)nc3onc(C)c23)CC1. The molecule has 2 aromatic rings. The fourth-order valence-electron chi connectivity index (χ4n) is 3.00. The zero-order valence-corrected chi connectivity index (χ0v) is 13.5. The van der Waals surface area contributed by atoms with E-state index in [1.165, 1.54) is 0 Å². The van der Waals surface area contributed by atoms with Crippen LogP contribution in [0.4, 0.5) is 0 Å². The molecule has 1 N–H and O–H groups in total. The number of hydrogen-bond donors (Lipinski definition) is 1. The summed E-state index contributed by atoms with van der Waals surface area (Å²) in [7, 11) is 0. The molecule has 0 atom stereocenters. The lowest BCUT2D eigenvalue weighted by Crippen LogP contribution is -2.46. The average molecular weight is 316 g/mol. The summed E-state index contributed by atoms with van der Waals surface area (Å²) < 4.78 is 5.17. The van der Waals surface area contributed by atoms with E-state index < -0.39 is 0 Å². The van der Waals surface area contributed by atoms with Gasteiger partial charge in [0.1, 0.15) is 0 Å². The Kier molecular flexibility index (Phi) is 4.02. The molecule has 7 heteroatoms. The van der Waals surface area contributed by atoms with Gasteiger partial charge in [-0.3, -0.25) is 9.59 Å². The Morgan fingerprint density at radius 2 is 2.00 bits per heavy atom. The van der Waals surface area contributed by atoms with Crippen LogP contribution >= 0.6 is 0 Å². The molecule has 0 saturated carbocycles. The maximum atomic E-state index is 12.7. The van der Waals surface area contributed by atoms with E-state index in [0.717, 1.165) is 12.8 Å². The summed E-state index contributed by atoms with van der Waals surface area (Å²) >= 11 is 0. The van der Waals surface area contributed by atoms with Crippen molar-refractivity contribution < 1.29 is 14.1 Å². The molecule has 3 rings (SSSR count). The second-order valence-corrected chi connectivity index (χ2v) is 6.01. The first-order chi connectivity index (χ1) is 11.0. The topological polar surface area (TPSA) is 88.3 Å². The second-order valence-electron chi connectivity index (χ2n) is 6.01. The molecule has 0 aliphatic carbocycles. The maximum absolute atomic E-state index is 12.7. The zero-order chi connectivity index (χ0) is 16.6. The van der Waals surface area contributed by atoms with Crippen LogP contribution in [0.5, 0.6) is 0 Å². The number of rotatable bonds is 2. The van der Waals surface area contributed by atoms with Gasteiger partial charge in [0.2, 0.25) is 5.91 Å². The summed E-state index contributed by atoms with van der Waals surface area (Å²) in [6.45, 7) is 6.54. The summed E-state index contributed by atoms with van der Waals surface area (Å²) in [4.78, 5) is 30.1. The highest BCUT2D eigenvalue weighted by atomic mass is 16.5. The highest BCUT2D eigenvalue weighted by Crippen LogP contribution is 2.22. The first kappa shape index (κ1) is 15.5. The van der Waals surface area contributed by atoms with Crippen LogP contribution in [0.2, 0.25) is 0 Å². The number of nitrogens with zero attached hydrogens (tertiary/aromatic N) is 3. The van der Waals surface area contributed by atoms with Gasteiger partial charge < -0.3 is 14.7 Å². The average Bonchev–Trinajstić information content (AvgIpc) is 2.88. The van der Waals surface area contributed by atoms with E-state index in [0.29, 0.717) is 41.1 Å². The number of amides is 2. The molecule has 1 aliphatic heterocycles. The van der Waals surface area contributed by atoms with Crippen molar-refractivity contribution in [1.82, 2.24) is 20.4 Å². The predicted molar refractivity (Wildman–Crippen MR) is 84.0 cm³/mol. The van der Waals surface area contributed by atoms with E-state index in [9.17, 15) is 9.59 Å². The van der Waals surface area contributed by atoms with E-state index in [1.54, 1.807) is 19.9 Å². The first-order valence-corrected chi connectivity index (χ1v) is 7.75. The maximum Gasteiger partial charge on any atom is 0.258 e. The lowest BCUT2D eigenvalue weighted by Gasteiger charge is -2.31. The third-order valence-electron chi connectivity index (χ3n) is 4.27. The minimum Gasteiger partial charge on any atom is -0.349 e. The second kappa shape index (κ2) is 5.98. The molecule has 3 heterocycles. The van der Waals surface area contributed by atoms with Gasteiger partial charge in [-0.15, -0.1) is 0 Å². The van der Waals surface area contributed by atoms with E-state index in [4.69, 9.17) is 4.52 Å². The Morgan fingerprint density at radius 1 is 1.30 bits per heavy atom. The van der Waals surface area contributed by atoms with Gasteiger partial charge in [-0.2, -0.15) is 0 Å². The Labute approximate surface area is 134 Å². The van der Waals surface area contributed by atoms with Gasteiger partial charge >= 0.3 is 0 Å². The lowest BCUT2D eigenvalue weighted by atomic mass is 10.0. The summed E-state index contributed by atoms with van der Waals surface area (Å²) in [5.74, 6) is -0.0607. The molecule has 2 amide bonds. The van der Waals surface area contributed by atoms with Crippen molar-refractivity contribution in [3.63, 3.8) is 0 Å². The van der Waals surface area contributed by atoms with Crippen molar-refractivity contribution in [3.05, 3.63) is 23.0 Å². The highest BCUT2D eigenvalue weighted by molar-refractivity contribution is 6.06. The summed E-state index contributed by atoms with van der Waals surface area (Å²) in [5, 5.41) is 7.61. The Morgan fingerprint density at radius 3 is 2.65 bits per heavy atom. The van der Waals surface area contributed by atoms with Gasteiger partial charge in [0.05, 0.1) is 16.6 Å². The van der Waals surface area contributed by atoms with Crippen LogP contribution in [0.15, 0.2) is 10.6 Å². The molecule has 0 bridgehead atoms. The summed E-state index contributed by atoms with van der Waals surface area (Å²) in [6, 6.07) is 1.83. The minimum absolute atomic E-state index is 0.0711. The number of hydrogen-bond acceptors (Lipinski definition) is 5. The van der Waals surface area contributed by atoms with Crippen LogP contribution in [0, 0.1) is 13.8 Å². The number of aromatic nitrogens is 2. The number of aryl methyl sites for hydroxylation is 2. The minimum atomic E-state index is -0.145. The van der Waals surface area contributed by atoms with E-state index in [-0.39, 0.29) is 17.9 Å². The number of carbonyl (C=O) groups is 2. The van der Waals surface area contributed by atoms with Crippen LogP contribution in [0.3, 0.4) is 0 Å². The van der Waals surface area contributed by atoms with Crippen LogP contribution in [0.1, 0.15) is 41.5 Å². The number of pyridine rings is 1. The van der Waals surface area contributed by atoms with Gasteiger partial charge in [-0.25, -0.2) is 4.98 Å². The standard InChI is InChI=1S/C16H20N4O3/c1-9-8-13(14-10(2)19-23-16(14)17-9)15(22)18-12-4-6-20(7-5-12)11(3)21/h8,12H,4-7H2,1-3H3,(H,18,22). The van der Waals surface area contributed by atoms with Crippen LogP contribution in [-0.4, -0.2) is 46.0 Å². The van der Waals surface area contributed by atoms with Crippen LogP contribution in [-0.2, 0) is 4.79 Å². The molecule has 7 nitrogen and oxygen atoms in total. The van der Waals surface area contributed by atoms with E-state index in [2.05, 4.69) is 15.5 Å². The quantitative estimate of drug-likeness (QED) is 0.908. The molecule has 0 radical (unpaired) electrons. The summed E-state index contributed by atoms with van der Waals surface area (Å²) in [6.07, 6.45) is 1.53. The third-order valence-corrected chi connectivity index (χ3v) is 4.27. The number of piperidine rings is 1. The van der Waals surface area contributed by atoms with Gasteiger partial charge in [-0.1, -0.05) is 5.16 Å². The molecule has 1 fully saturated rings. The fourth-order valence-corrected chi connectivity index (χ4v) is 3.00. The van der Waals surface area contributed by atoms with E-state index >= 15 is 0 Å². The van der Waals surface area contributed by atoms with Crippen LogP contribution < -0.4 is 5.32 Å². The van der Waals surface area contributed by atoms with Crippen LogP contribution in [0.25, 0.3) is 11.1 Å². The molecule has 2 aromatic heterocycles. The lowest BCUT2D eigenvalue weighted by molar-refractivity contribution is -0.129. The predicted octanol–water partition coefficient (Wildman–Crippen LogP) is 1.58. The van der Waals surface area contributed by atoms with Crippen molar-refractivity contribution in [2.45, 2.75) is 39.7 Å². The van der Waals surface area contributed by atoms with Gasteiger partial charge in [0, 0.05) is 31.7 Å². The largest absolute Gasteiger partial charge is 0.349 e. The highest BCUT2D eigenvalue weighted by Gasteiger charge is 2.24. The molecule has 0 unspecified atom stereocenters.